The largest absolute Gasteiger partial charge is 0.464 e. The zero-order chi connectivity index (χ0) is 23.1. The summed E-state index contributed by atoms with van der Waals surface area (Å²) in [5.41, 5.74) is 0.773. The van der Waals surface area contributed by atoms with Crippen molar-refractivity contribution < 1.29 is 19.4 Å². The highest BCUT2D eigenvalue weighted by Crippen LogP contribution is 2.56. The molecule has 1 saturated heterocycles. The molecule has 2 aliphatic carbocycles. The van der Waals surface area contributed by atoms with Crippen molar-refractivity contribution in [3.8, 4) is 0 Å². The molecule has 178 valence electrons. The van der Waals surface area contributed by atoms with Gasteiger partial charge in [-0.2, -0.15) is 0 Å². The first-order valence-electron chi connectivity index (χ1n) is 12.1. The fourth-order valence-electron chi connectivity index (χ4n) is 5.58. The van der Waals surface area contributed by atoms with E-state index in [4.69, 9.17) is 4.74 Å². The molecule has 0 aromatic carbocycles. The van der Waals surface area contributed by atoms with Crippen molar-refractivity contribution in [1.29, 1.82) is 0 Å². The van der Waals surface area contributed by atoms with E-state index in [2.05, 4.69) is 32.1 Å². The molecule has 2 aromatic heterocycles. The van der Waals surface area contributed by atoms with E-state index in [0.29, 0.717) is 19.6 Å². The fraction of sp³-hybridized carbons (Fsp3) is 0.667. The van der Waals surface area contributed by atoms with Gasteiger partial charge in [0.15, 0.2) is 6.04 Å². The average molecular weight is 456 g/mol. The number of hydrogen-bond acceptors (Lipinski definition) is 7. The summed E-state index contributed by atoms with van der Waals surface area (Å²) in [6.45, 7) is 3.47. The molecule has 3 N–H and O–H groups in total. The first kappa shape index (κ1) is 22.1. The number of aromatic nitrogens is 3. The Morgan fingerprint density at radius 3 is 2.82 bits per heavy atom. The third-order valence-corrected chi connectivity index (χ3v) is 8.24. The lowest BCUT2D eigenvalue weighted by atomic mass is 9.68. The van der Waals surface area contributed by atoms with Crippen LogP contribution in [-0.2, 0) is 14.3 Å². The van der Waals surface area contributed by atoms with Crippen molar-refractivity contribution in [3.05, 3.63) is 18.6 Å². The molecular weight excluding hydrogens is 422 g/mol. The van der Waals surface area contributed by atoms with E-state index in [0.717, 1.165) is 61.9 Å². The third kappa shape index (κ3) is 4.07. The van der Waals surface area contributed by atoms with Crippen LogP contribution in [0.1, 0.15) is 51.9 Å². The van der Waals surface area contributed by atoms with Crippen LogP contribution in [0, 0.1) is 16.7 Å². The Hall–Kier alpha value is -2.68. The molecule has 1 spiro atoms. The number of aliphatic hydroxyl groups excluding tert-OH is 1. The van der Waals surface area contributed by atoms with Gasteiger partial charge in [0.05, 0.1) is 18.6 Å². The Kier molecular flexibility index (Phi) is 5.76. The summed E-state index contributed by atoms with van der Waals surface area (Å²) in [5, 5.41) is 13.5. The molecule has 3 heterocycles. The molecule has 33 heavy (non-hydrogen) atoms. The van der Waals surface area contributed by atoms with Crippen molar-refractivity contribution >= 4 is 28.7 Å². The molecule has 0 radical (unpaired) electrons. The van der Waals surface area contributed by atoms with Crippen LogP contribution in [-0.4, -0.2) is 64.3 Å². The second-order valence-corrected chi connectivity index (χ2v) is 10.1. The Morgan fingerprint density at radius 1 is 1.33 bits per heavy atom. The summed E-state index contributed by atoms with van der Waals surface area (Å²) in [5.74, 6) is 0.00647. The number of fused-ring (bicyclic) bond motifs is 1. The summed E-state index contributed by atoms with van der Waals surface area (Å²) < 4.78 is 5.52. The fourth-order valence-corrected chi connectivity index (χ4v) is 5.58. The van der Waals surface area contributed by atoms with Crippen LogP contribution in [0.4, 0.5) is 5.82 Å². The van der Waals surface area contributed by atoms with E-state index in [1.807, 2.05) is 12.3 Å². The monoisotopic (exact) mass is 455 g/mol. The number of amides is 1. The highest BCUT2D eigenvalue weighted by molar-refractivity contribution is 5.89. The highest BCUT2D eigenvalue weighted by Gasteiger charge is 2.55. The smallest absolute Gasteiger partial charge is 0.331 e. The lowest BCUT2D eigenvalue weighted by Gasteiger charge is -2.41. The van der Waals surface area contributed by atoms with Gasteiger partial charge in [-0.25, -0.2) is 14.8 Å². The number of anilines is 1. The van der Waals surface area contributed by atoms with Gasteiger partial charge in [-0.05, 0) is 50.0 Å². The summed E-state index contributed by atoms with van der Waals surface area (Å²) in [4.78, 5) is 39.9. The number of hydrogen-bond donors (Lipinski definition) is 3. The summed E-state index contributed by atoms with van der Waals surface area (Å²) in [7, 11) is 0. The minimum Gasteiger partial charge on any atom is -0.464 e. The third-order valence-electron chi connectivity index (χ3n) is 8.24. The Labute approximate surface area is 193 Å². The summed E-state index contributed by atoms with van der Waals surface area (Å²) in [6, 6.07) is 0.967. The Balaban J connectivity index is 1.21. The van der Waals surface area contributed by atoms with E-state index < -0.39 is 18.6 Å². The number of nitrogens with one attached hydrogen (secondary N) is 2. The van der Waals surface area contributed by atoms with Crippen LogP contribution in [0.3, 0.4) is 0 Å². The van der Waals surface area contributed by atoms with Gasteiger partial charge in [-0.15, -0.1) is 0 Å². The van der Waals surface area contributed by atoms with Gasteiger partial charge in [0.2, 0.25) is 5.91 Å². The first-order chi connectivity index (χ1) is 16.0. The SMILES string of the molecule is CCC1(COC(=O)C(CO)NC(=O)[C@H]2CCN(c3ncnc4[nH]ccc34)CC23CC3)CCC1. The van der Waals surface area contributed by atoms with Gasteiger partial charge >= 0.3 is 5.97 Å². The number of aromatic amines is 1. The number of piperidine rings is 1. The van der Waals surface area contributed by atoms with Gasteiger partial charge in [-0.3, -0.25) is 4.79 Å². The molecule has 9 nitrogen and oxygen atoms in total. The molecule has 1 amide bonds. The van der Waals surface area contributed by atoms with Gasteiger partial charge in [0.25, 0.3) is 0 Å². The van der Waals surface area contributed by atoms with E-state index in [1.54, 1.807) is 6.33 Å². The Bertz CT molecular complexity index is 1020. The summed E-state index contributed by atoms with van der Waals surface area (Å²) >= 11 is 0. The van der Waals surface area contributed by atoms with Crippen molar-refractivity contribution in [2.45, 2.75) is 57.9 Å². The molecule has 5 rings (SSSR count). The predicted molar refractivity (Wildman–Crippen MR) is 122 cm³/mol. The molecule has 2 saturated carbocycles. The number of H-pyrrole nitrogens is 1. The normalized spacial score (nSPS) is 23.7. The van der Waals surface area contributed by atoms with Crippen LogP contribution in [0.5, 0.6) is 0 Å². The molecule has 1 aliphatic heterocycles. The number of nitrogens with zero attached hydrogens (tertiary/aromatic N) is 3. The average Bonchev–Trinajstić information content (AvgIpc) is 3.37. The number of esters is 1. The van der Waals surface area contributed by atoms with Crippen LogP contribution >= 0.6 is 0 Å². The quantitative estimate of drug-likeness (QED) is 0.522. The van der Waals surface area contributed by atoms with Gasteiger partial charge in [0.1, 0.15) is 17.8 Å². The maximum Gasteiger partial charge on any atom is 0.331 e. The van der Waals surface area contributed by atoms with E-state index in [1.165, 1.54) is 0 Å². The standard InChI is InChI=1S/C24H33N5O4/c1-2-23(6-3-7-23)14-33-22(32)18(12-30)28-21(31)17-5-11-29(13-24(17)8-9-24)20-16-4-10-25-19(16)26-15-27-20/h4,10,15,17-18,30H,2-3,5-9,11-14H2,1H3,(H,28,31)(H,25,26,27)/t17-,18?/m1/s1. The minimum atomic E-state index is -1.01. The van der Waals surface area contributed by atoms with Crippen LogP contribution in [0.25, 0.3) is 11.0 Å². The van der Waals surface area contributed by atoms with Crippen molar-refractivity contribution in [1.82, 2.24) is 20.3 Å². The highest BCUT2D eigenvalue weighted by atomic mass is 16.5. The molecule has 1 unspecified atom stereocenters. The zero-order valence-electron chi connectivity index (χ0n) is 19.2. The lowest BCUT2D eigenvalue weighted by molar-refractivity contribution is -0.155. The van der Waals surface area contributed by atoms with Gasteiger partial charge < -0.3 is 25.0 Å². The summed E-state index contributed by atoms with van der Waals surface area (Å²) in [6.07, 6.45) is 10.3. The topological polar surface area (TPSA) is 120 Å². The van der Waals surface area contributed by atoms with Gasteiger partial charge in [-0.1, -0.05) is 13.3 Å². The first-order valence-corrected chi connectivity index (χ1v) is 12.1. The number of rotatable bonds is 8. The molecule has 3 aliphatic rings. The number of carbonyl (C=O) groups excluding carboxylic acids is 2. The van der Waals surface area contributed by atoms with Crippen molar-refractivity contribution in [2.24, 2.45) is 16.7 Å². The second-order valence-electron chi connectivity index (χ2n) is 10.1. The van der Waals surface area contributed by atoms with Crippen LogP contribution in [0.15, 0.2) is 18.6 Å². The molecule has 3 fully saturated rings. The van der Waals surface area contributed by atoms with Crippen LogP contribution in [0.2, 0.25) is 0 Å². The molecule has 2 atom stereocenters. The van der Waals surface area contributed by atoms with E-state index in [-0.39, 0.29) is 22.7 Å². The number of aliphatic hydroxyl groups is 1. The molecule has 0 bridgehead atoms. The molecule has 9 heteroatoms. The van der Waals surface area contributed by atoms with Crippen molar-refractivity contribution in [3.63, 3.8) is 0 Å². The lowest BCUT2D eigenvalue weighted by Crippen LogP contribution is -2.53. The van der Waals surface area contributed by atoms with Crippen LogP contribution < -0.4 is 10.2 Å². The predicted octanol–water partition coefficient (Wildman–Crippen LogP) is 2.17. The zero-order valence-corrected chi connectivity index (χ0v) is 19.2. The van der Waals surface area contributed by atoms with Crippen molar-refractivity contribution in [2.75, 3.05) is 31.2 Å². The molecular formula is C24H33N5O4. The minimum absolute atomic E-state index is 0.0798. The molecule has 2 aromatic rings. The number of ether oxygens (including phenoxy) is 1. The van der Waals surface area contributed by atoms with E-state index >= 15 is 0 Å². The maximum absolute atomic E-state index is 13.2. The Morgan fingerprint density at radius 2 is 2.15 bits per heavy atom. The van der Waals surface area contributed by atoms with Gasteiger partial charge in [0, 0.05) is 30.6 Å². The second kappa shape index (κ2) is 8.59. The van der Waals surface area contributed by atoms with E-state index in [9.17, 15) is 14.7 Å². The number of carbonyl (C=O) groups is 2. The maximum atomic E-state index is 13.2.